The predicted octanol–water partition coefficient (Wildman–Crippen LogP) is 6.88. The fourth-order valence-electron chi connectivity index (χ4n) is 7.40. The van der Waals surface area contributed by atoms with Crippen molar-refractivity contribution in [1.82, 2.24) is 0 Å². The van der Waals surface area contributed by atoms with Gasteiger partial charge in [0.1, 0.15) is 0 Å². The monoisotopic (exact) mass is 458 g/mol. The average Bonchev–Trinajstić information content (AvgIpc) is 3.15. The summed E-state index contributed by atoms with van der Waals surface area (Å²) in [5, 5.41) is 30.8. The highest BCUT2D eigenvalue weighted by Gasteiger charge is 2.50. The van der Waals surface area contributed by atoms with Gasteiger partial charge in [-0.3, -0.25) is 0 Å². The molecule has 0 spiro atoms. The molecular weight excluding hydrogens is 408 g/mol. The zero-order chi connectivity index (χ0) is 24.2. The topological polar surface area (TPSA) is 60.7 Å². The first-order chi connectivity index (χ1) is 15.6. The summed E-state index contributed by atoms with van der Waals surface area (Å²) in [7, 11) is 0. The van der Waals surface area contributed by atoms with Crippen LogP contribution in [0.15, 0.2) is 35.5 Å². The van der Waals surface area contributed by atoms with Crippen LogP contribution in [0.5, 0.6) is 0 Å². The van der Waals surface area contributed by atoms with E-state index in [1.165, 1.54) is 44.9 Å². The summed E-state index contributed by atoms with van der Waals surface area (Å²) in [6, 6.07) is 0. The number of allylic oxidation sites excluding steroid dienone is 3. The molecule has 0 radical (unpaired) electrons. The van der Waals surface area contributed by atoms with Crippen LogP contribution in [-0.2, 0) is 0 Å². The standard InChI is InChI=1S/C30H50O3/c1-6-30(33,7-2)18-9-8-11-21(3)26-15-16-27-23(12-10-17-29(26,27)5)13-14-24-19-25(31)20-28(32)22(24)4/h13-14,21,25-28,31-33H,4,6-12,15-20H2,1-3,5H3/b23-13+,24-14-/t21-,25+,26+,27-,28-,29+/m0/s1. The second-order valence-corrected chi connectivity index (χ2v) is 11.8. The lowest BCUT2D eigenvalue weighted by Gasteiger charge is -2.44. The highest BCUT2D eigenvalue weighted by molar-refractivity contribution is 5.38. The van der Waals surface area contributed by atoms with Crippen molar-refractivity contribution in [3.8, 4) is 0 Å². The van der Waals surface area contributed by atoms with Gasteiger partial charge in [-0.25, -0.2) is 0 Å². The Kier molecular flexibility index (Phi) is 9.08. The Morgan fingerprint density at radius 1 is 1.15 bits per heavy atom. The van der Waals surface area contributed by atoms with Crippen molar-refractivity contribution in [3.05, 3.63) is 35.5 Å². The largest absolute Gasteiger partial charge is 0.393 e. The maximum atomic E-state index is 10.6. The zero-order valence-electron chi connectivity index (χ0n) is 21.8. The first-order valence-corrected chi connectivity index (χ1v) is 13.8. The van der Waals surface area contributed by atoms with Gasteiger partial charge < -0.3 is 15.3 Å². The van der Waals surface area contributed by atoms with Crippen molar-refractivity contribution in [3.63, 3.8) is 0 Å². The number of hydrogen-bond acceptors (Lipinski definition) is 3. The van der Waals surface area contributed by atoms with Crippen LogP contribution < -0.4 is 0 Å². The van der Waals surface area contributed by atoms with Crippen molar-refractivity contribution in [2.24, 2.45) is 23.2 Å². The third kappa shape index (κ3) is 6.03. The number of fused-ring (bicyclic) bond motifs is 1. The summed E-state index contributed by atoms with van der Waals surface area (Å²) < 4.78 is 0. The number of unbranched alkanes of at least 4 members (excludes halogenated alkanes) is 1. The summed E-state index contributed by atoms with van der Waals surface area (Å²) in [5.41, 5.74) is 3.30. The molecule has 33 heavy (non-hydrogen) atoms. The molecule has 6 atom stereocenters. The molecule has 3 aliphatic carbocycles. The quantitative estimate of drug-likeness (QED) is 0.330. The van der Waals surface area contributed by atoms with E-state index < -0.39 is 17.8 Å². The number of aliphatic hydroxyl groups is 3. The number of aliphatic hydroxyl groups excluding tert-OH is 2. The van der Waals surface area contributed by atoms with Crippen molar-refractivity contribution in [2.75, 3.05) is 0 Å². The van der Waals surface area contributed by atoms with Gasteiger partial charge in [0, 0.05) is 6.42 Å². The molecule has 0 aromatic heterocycles. The Labute approximate surface area is 203 Å². The van der Waals surface area contributed by atoms with E-state index in [1.807, 2.05) is 0 Å². The SMILES string of the molecule is C=C1/C(=C\C=C2/CCC[C@]3(C)[C@@H]([C@@H](C)CCCCC(O)(CC)CC)CC[C@@H]23)C[C@@H](O)C[C@@H]1O. The molecule has 0 amide bonds. The van der Waals surface area contributed by atoms with Gasteiger partial charge in [0.15, 0.2) is 0 Å². The van der Waals surface area contributed by atoms with Crippen molar-refractivity contribution >= 4 is 0 Å². The summed E-state index contributed by atoms with van der Waals surface area (Å²) in [6.45, 7) is 13.3. The molecular formula is C30H50O3. The van der Waals surface area contributed by atoms with Gasteiger partial charge in [-0.2, -0.15) is 0 Å². The Morgan fingerprint density at radius 2 is 1.88 bits per heavy atom. The van der Waals surface area contributed by atoms with Crippen LogP contribution in [0.25, 0.3) is 0 Å². The fourth-order valence-corrected chi connectivity index (χ4v) is 7.40. The average molecular weight is 459 g/mol. The molecule has 0 unspecified atom stereocenters. The summed E-state index contributed by atoms with van der Waals surface area (Å²) in [5.74, 6) is 2.17. The van der Waals surface area contributed by atoms with E-state index in [4.69, 9.17) is 0 Å². The molecule has 0 saturated heterocycles. The van der Waals surface area contributed by atoms with Gasteiger partial charge in [0.2, 0.25) is 0 Å². The Balaban J connectivity index is 1.62. The molecule has 3 nitrogen and oxygen atoms in total. The Hall–Kier alpha value is -0.900. The van der Waals surface area contributed by atoms with Gasteiger partial charge in [-0.05, 0) is 92.1 Å². The van der Waals surface area contributed by atoms with Gasteiger partial charge in [0.05, 0.1) is 17.8 Å². The van der Waals surface area contributed by atoms with Gasteiger partial charge in [-0.15, -0.1) is 0 Å². The molecule has 0 bridgehead atoms. The maximum absolute atomic E-state index is 10.6. The van der Waals surface area contributed by atoms with Crippen molar-refractivity contribution < 1.29 is 15.3 Å². The van der Waals surface area contributed by atoms with Crippen LogP contribution in [0.2, 0.25) is 0 Å². The van der Waals surface area contributed by atoms with Crippen molar-refractivity contribution in [2.45, 2.75) is 129 Å². The van der Waals surface area contributed by atoms with Gasteiger partial charge >= 0.3 is 0 Å². The molecule has 188 valence electrons. The summed E-state index contributed by atoms with van der Waals surface area (Å²) in [4.78, 5) is 0. The van der Waals surface area contributed by atoms with Crippen LogP contribution in [0.3, 0.4) is 0 Å². The van der Waals surface area contributed by atoms with Crippen LogP contribution in [0, 0.1) is 23.2 Å². The summed E-state index contributed by atoms with van der Waals surface area (Å²) >= 11 is 0. The number of hydrogen-bond donors (Lipinski definition) is 3. The van der Waals surface area contributed by atoms with Crippen molar-refractivity contribution in [1.29, 1.82) is 0 Å². The Bertz CT molecular complexity index is 731. The Morgan fingerprint density at radius 3 is 2.58 bits per heavy atom. The van der Waals surface area contributed by atoms with E-state index in [2.05, 4.69) is 46.4 Å². The molecule has 0 aliphatic heterocycles. The zero-order valence-corrected chi connectivity index (χ0v) is 21.8. The minimum atomic E-state index is -0.614. The van der Waals surface area contributed by atoms with Crippen LogP contribution in [0.4, 0.5) is 0 Å². The fraction of sp³-hybridized carbons (Fsp3) is 0.800. The molecule has 3 rings (SSSR count). The lowest BCUT2D eigenvalue weighted by molar-refractivity contribution is 0.0202. The molecule has 0 heterocycles. The summed E-state index contributed by atoms with van der Waals surface area (Å²) in [6.07, 6.45) is 17.1. The minimum Gasteiger partial charge on any atom is -0.393 e. The van der Waals surface area contributed by atoms with E-state index in [9.17, 15) is 15.3 Å². The smallest absolute Gasteiger partial charge is 0.0811 e. The second kappa shape index (κ2) is 11.2. The first kappa shape index (κ1) is 26.7. The molecule has 0 aromatic rings. The van der Waals surface area contributed by atoms with E-state index in [0.29, 0.717) is 24.2 Å². The minimum absolute atomic E-state index is 0.387. The molecule has 3 N–H and O–H groups in total. The van der Waals surface area contributed by atoms with Crippen LogP contribution >= 0.6 is 0 Å². The van der Waals surface area contributed by atoms with E-state index in [0.717, 1.165) is 48.7 Å². The predicted molar refractivity (Wildman–Crippen MR) is 138 cm³/mol. The third-order valence-electron chi connectivity index (χ3n) is 9.86. The second-order valence-electron chi connectivity index (χ2n) is 11.8. The molecule has 3 heteroatoms. The molecule has 3 saturated carbocycles. The van der Waals surface area contributed by atoms with Crippen LogP contribution in [0.1, 0.15) is 111 Å². The maximum Gasteiger partial charge on any atom is 0.0811 e. The highest BCUT2D eigenvalue weighted by Crippen LogP contribution is 2.60. The van der Waals surface area contributed by atoms with Gasteiger partial charge in [-0.1, -0.05) is 71.3 Å². The lowest BCUT2D eigenvalue weighted by atomic mass is 9.60. The third-order valence-corrected chi connectivity index (χ3v) is 9.86. The highest BCUT2D eigenvalue weighted by atomic mass is 16.3. The lowest BCUT2D eigenvalue weighted by Crippen LogP contribution is -2.36. The van der Waals surface area contributed by atoms with Gasteiger partial charge in [0.25, 0.3) is 0 Å². The normalized spacial score (nSPS) is 36.4. The van der Waals surface area contributed by atoms with E-state index in [1.54, 1.807) is 5.57 Å². The van der Waals surface area contributed by atoms with Crippen LogP contribution in [-0.4, -0.2) is 33.1 Å². The molecule has 3 fully saturated rings. The number of rotatable bonds is 9. The molecule has 3 aliphatic rings. The van der Waals surface area contributed by atoms with E-state index >= 15 is 0 Å². The van der Waals surface area contributed by atoms with E-state index in [-0.39, 0.29) is 0 Å². The molecule has 0 aromatic carbocycles. The first-order valence-electron chi connectivity index (χ1n) is 13.8.